The van der Waals surface area contributed by atoms with Gasteiger partial charge in [0, 0.05) is 12.5 Å². The van der Waals surface area contributed by atoms with Crippen molar-refractivity contribution in [1.82, 2.24) is 0 Å². The third-order valence-electron chi connectivity index (χ3n) is 3.99. The first-order chi connectivity index (χ1) is 9.61. The SMILES string of the molecule is COc1cc(F)c(Br)cc1C(=O)CC1CCCCCC1. The van der Waals surface area contributed by atoms with E-state index < -0.39 is 5.82 Å². The summed E-state index contributed by atoms with van der Waals surface area (Å²) in [5, 5.41) is 0. The number of hydrogen-bond acceptors (Lipinski definition) is 2. The minimum Gasteiger partial charge on any atom is -0.496 e. The lowest BCUT2D eigenvalue weighted by molar-refractivity contribution is 0.0954. The second kappa shape index (κ2) is 7.21. The number of hydrogen-bond donors (Lipinski definition) is 0. The van der Waals surface area contributed by atoms with Crippen LogP contribution >= 0.6 is 15.9 Å². The minimum atomic E-state index is -0.409. The highest BCUT2D eigenvalue weighted by molar-refractivity contribution is 9.10. The van der Waals surface area contributed by atoms with E-state index in [1.807, 2.05) is 0 Å². The largest absolute Gasteiger partial charge is 0.496 e. The number of halogens is 2. The Kier molecular flexibility index (Phi) is 5.58. The summed E-state index contributed by atoms with van der Waals surface area (Å²) in [7, 11) is 1.46. The maximum atomic E-state index is 13.5. The van der Waals surface area contributed by atoms with Gasteiger partial charge in [0.2, 0.25) is 0 Å². The fourth-order valence-corrected chi connectivity index (χ4v) is 3.20. The second-order valence-corrected chi connectivity index (χ2v) is 6.31. The first kappa shape index (κ1) is 15.5. The summed E-state index contributed by atoms with van der Waals surface area (Å²) in [6.45, 7) is 0. The lowest BCUT2D eigenvalue weighted by Gasteiger charge is -2.14. The van der Waals surface area contributed by atoms with Crippen LogP contribution in [-0.4, -0.2) is 12.9 Å². The van der Waals surface area contributed by atoms with Gasteiger partial charge < -0.3 is 4.74 Å². The van der Waals surface area contributed by atoms with Crippen LogP contribution in [-0.2, 0) is 0 Å². The lowest BCUT2D eigenvalue weighted by Crippen LogP contribution is -2.10. The molecular formula is C16H20BrFO2. The molecule has 0 aromatic heterocycles. The number of rotatable bonds is 4. The average molecular weight is 343 g/mol. The van der Waals surface area contributed by atoms with Crippen molar-refractivity contribution in [3.05, 3.63) is 28.0 Å². The van der Waals surface area contributed by atoms with Crippen molar-refractivity contribution >= 4 is 21.7 Å². The van der Waals surface area contributed by atoms with Gasteiger partial charge in [-0.05, 0) is 27.9 Å². The molecule has 0 heterocycles. The van der Waals surface area contributed by atoms with Crippen LogP contribution in [0.1, 0.15) is 55.3 Å². The van der Waals surface area contributed by atoms with E-state index in [9.17, 15) is 9.18 Å². The summed E-state index contributed by atoms with van der Waals surface area (Å²) in [6, 6.07) is 2.80. The van der Waals surface area contributed by atoms with Gasteiger partial charge in [-0.15, -0.1) is 0 Å². The van der Waals surface area contributed by atoms with E-state index in [0.717, 1.165) is 12.8 Å². The fourth-order valence-electron chi connectivity index (χ4n) is 2.86. The summed E-state index contributed by atoms with van der Waals surface area (Å²) < 4.78 is 18.9. The third-order valence-corrected chi connectivity index (χ3v) is 4.60. The van der Waals surface area contributed by atoms with Crippen LogP contribution < -0.4 is 4.74 Å². The maximum Gasteiger partial charge on any atom is 0.166 e. The zero-order valence-corrected chi connectivity index (χ0v) is 13.3. The van der Waals surface area contributed by atoms with Gasteiger partial charge in [-0.25, -0.2) is 4.39 Å². The zero-order valence-electron chi connectivity index (χ0n) is 11.8. The Bertz CT molecular complexity index is 480. The Labute approximate surface area is 127 Å². The lowest BCUT2D eigenvalue weighted by atomic mass is 9.92. The average Bonchev–Trinajstić information content (AvgIpc) is 2.69. The number of ether oxygens (including phenoxy) is 1. The number of carbonyl (C=O) groups excluding carboxylic acids is 1. The highest BCUT2D eigenvalue weighted by atomic mass is 79.9. The summed E-state index contributed by atoms with van der Waals surface area (Å²) in [6.07, 6.45) is 7.75. The predicted octanol–water partition coefficient (Wildman–Crippen LogP) is 5.14. The Hall–Kier alpha value is -0.900. The van der Waals surface area contributed by atoms with Crippen molar-refractivity contribution in [3.63, 3.8) is 0 Å². The third kappa shape index (κ3) is 3.81. The highest BCUT2D eigenvalue weighted by Gasteiger charge is 2.21. The number of Topliss-reactive ketones (excluding diaryl/α,β-unsaturated/α-hetero) is 1. The molecule has 0 atom stereocenters. The van der Waals surface area contributed by atoms with Crippen molar-refractivity contribution in [2.45, 2.75) is 44.9 Å². The number of ketones is 1. The summed E-state index contributed by atoms with van der Waals surface area (Å²) in [4.78, 5) is 12.4. The van der Waals surface area contributed by atoms with E-state index in [-0.39, 0.29) is 5.78 Å². The molecule has 1 aromatic rings. The molecule has 0 unspecified atom stereocenters. The molecule has 0 aliphatic heterocycles. The number of benzene rings is 1. The number of methoxy groups -OCH3 is 1. The molecule has 0 N–H and O–H groups in total. The standard InChI is InChI=1S/C16H20BrFO2/c1-20-16-10-14(18)13(17)9-12(16)15(19)8-11-6-4-2-3-5-7-11/h9-11H,2-8H2,1H3. The number of carbonyl (C=O) groups is 1. The van der Waals surface area contributed by atoms with Crippen molar-refractivity contribution in [2.24, 2.45) is 5.92 Å². The van der Waals surface area contributed by atoms with Crippen LogP contribution in [0.15, 0.2) is 16.6 Å². The molecule has 0 radical (unpaired) electrons. The van der Waals surface area contributed by atoms with Crippen LogP contribution in [0.2, 0.25) is 0 Å². The molecule has 0 saturated heterocycles. The smallest absolute Gasteiger partial charge is 0.166 e. The van der Waals surface area contributed by atoms with Crippen LogP contribution in [0.25, 0.3) is 0 Å². The van der Waals surface area contributed by atoms with Gasteiger partial charge in [0.05, 0.1) is 17.1 Å². The van der Waals surface area contributed by atoms with E-state index in [1.54, 1.807) is 0 Å². The summed E-state index contributed by atoms with van der Waals surface area (Å²) in [5.41, 5.74) is 0.477. The molecule has 110 valence electrons. The molecule has 0 spiro atoms. The molecule has 4 heteroatoms. The summed E-state index contributed by atoms with van der Waals surface area (Å²) in [5.74, 6) is 0.421. The first-order valence-electron chi connectivity index (χ1n) is 7.18. The molecule has 20 heavy (non-hydrogen) atoms. The van der Waals surface area contributed by atoms with E-state index in [0.29, 0.717) is 28.1 Å². The van der Waals surface area contributed by atoms with Gasteiger partial charge in [0.25, 0.3) is 0 Å². The Morgan fingerprint density at radius 3 is 2.55 bits per heavy atom. The molecule has 1 fully saturated rings. The molecule has 0 amide bonds. The van der Waals surface area contributed by atoms with Crippen LogP contribution in [0.4, 0.5) is 4.39 Å². The molecular weight excluding hydrogens is 323 g/mol. The molecule has 1 aliphatic rings. The maximum absolute atomic E-state index is 13.5. The molecule has 1 aromatic carbocycles. The topological polar surface area (TPSA) is 26.3 Å². The van der Waals surface area contributed by atoms with Gasteiger partial charge in [-0.1, -0.05) is 38.5 Å². The van der Waals surface area contributed by atoms with Crippen LogP contribution in [0, 0.1) is 11.7 Å². The second-order valence-electron chi connectivity index (χ2n) is 5.45. The molecule has 2 nitrogen and oxygen atoms in total. The Morgan fingerprint density at radius 1 is 1.30 bits per heavy atom. The van der Waals surface area contributed by atoms with Crippen LogP contribution in [0.3, 0.4) is 0 Å². The van der Waals surface area contributed by atoms with Crippen LogP contribution in [0.5, 0.6) is 5.75 Å². The van der Waals surface area contributed by atoms with Crippen molar-refractivity contribution in [1.29, 1.82) is 0 Å². The monoisotopic (exact) mass is 342 g/mol. The Morgan fingerprint density at radius 2 is 1.95 bits per heavy atom. The Balaban J connectivity index is 2.13. The molecule has 1 saturated carbocycles. The van der Waals surface area contributed by atoms with Crippen molar-refractivity contribution < 1.29 is 13.9 Å². The molecule has 1 aliphatic carbocycles. The van der Waals surface area contributed by atoms with Gasteiger partial charge >= 0.3 is 0 Å². The van der Waals surface area contributed by atoms with E-state index >= 15 is 0 Å². The quantitative estimate of drug-likeness (QED) is 0.559. The van der Waals surface area contributed by atoms with Crippen molar-refractivity contribution in [2.75, 3.05) is 7.11 Å². The van der Waals surface area contributed by atoms with Gasteiger partial charge in [-0.2, -0.15) is 0 Å². The molecule has 2 rings (SSSR count). The van der Waals surface area contributed by atoms with Gasteiger partial charge in [0.1, 0.15) is 11.6 Å². The van der Waals surface area contributed by atoms with Gasteiger partial charge in [0.15, 0.2) is 5.78 Å². The minimum absolute atomic E-state index is 0.0504. The van der Waals surface area contributed by atoms with Crippen molar-refractivity contribution in [3.8, 4) is 5.75 Å². The first-order valence-corrected chi connectivity index (χ1v) is 7.97. The van der Waals surface area contributed by atoms with E-state index in [1.165, 1.54) is 44.9 Å². The highest BCUT2D eigenvalue weighted by Crippen LogP contribution is 2.31. The van der Waals surface area contributed by atoms with E-state index in [4.69, 9.17) is 4.74 Å². The summed E-state index contributed by atoms with van der Waals surface area (Å²) >= 11 is 3.13. The van der Waals surface area contributed by atoms with E-state index in [2.05, 4.69) is 15.9 Å². The predicted molar refractivity (Wildman–Crippen MR) is 80.8 cm³/mol. The fraction of sp³-hybridized carbons (Fsp3) is 0.562. The zero-order chi connectivity index (χ0) is 14.5. The van der Waals surface area contributed by atoms with Gasteiger partial charge in [-0.3, -0.25) is 4.79 Å². The normalized spacial score (nSPS) is 16.8. The molecule has 0 bridgehead atoms.